The Morgan fingerprint density at radius 2 is 0.699 bits per heavy atom. The molecule has 0 aromatic heterocycles. The Kier molecular flexibility index (Phi) is 42.3. The first-order valence-electron chi connectivity index (χ1n) is 33.9. The summed E-state index contributed by atoms with van der Waals surface area (Å²) in [6.07, 6.45) is -2.33. The predicted molar refractivity (Wildman–Crippen MR) is 354 cm³/mol. The van der Waals surface area contributed by atoms with E-state index in [0.29, 0.717) is 38.5 Å². The Bertz CT molecular complexity index is 2880. The molecule has 1 aliphatic carbocycles. The molecule has 2 aliphatic rings. The van der Waals surface area contributed by atoms with Gasteiger partial charge in [-0.25, -0.2) is 14.4 Å². The number of carbonyl (C=O) groups excluding carboxylic acids is 9. The van der Waals surface area contributed by atoms with E-state index in [-0.39, 0.29) is 161 Å². The SMILES string of the molecule is NC(=O)[C@H](CCCCNC(=O)CN1CCN(CC(=O)O)CCN(CC(=O)O)CCN(CC(=O)O)CC1)NC(=O)[C@@H](CCC(=O)O)NC(=O)[C@@H](CCC(=O)O)NC(=O)[C@@H](CCC(=O)O)NC(=O)CCCCCNC(=O)C1CCC(CNC(=O)CC[C@H](NC(=O)N[C@@H](CCC(=O)O)C(=O)O)C(=O)O)CC1. The monoisotopic (exact) mass is 1470 g/mol. The van der Waals surface area contributed by atoms with Crippen LogP contribution < -0.4 is 53.6 Å². The van der Waals surface area contributed by atoms with E-state index >= 15 is 0 Å². The number of nitrogens with zero attached hydrogens (tertiary/aromatic N) is 4. The zero-order chi connectivity index (χ0) is 77.1. The highest BCUT2D eigenvalue weighted by Gasteiger charge is 2.34. The van der Waals surface area contributed by atoms with E-state index in [9.17, 15) is 127 Å². The minimum absolute atomic E-state index is 0.00228. The van der Waals surface area contributed by atoms with E-state index in [1.807, 2.05) is 5.32 Å². The quantitative estimate of drug-likeness (QED) is 0.0254. The van der Waals surface area contributed by atoms with Crippen molar-refractivity contribution in [2.24, 2.45) is 17.6 Å². The molecule has 0 aromatic rings. The first-order chi connectivity index (χ1) is 48.6. The Labute approximate surface area is 591 Å². The summed E-state index contributed by atoms with van der Waals surface area (Å²) in [5.41, 5.74) is 5.62. The average molecular weight is 1470 g/mol. The summed E-state index contributed by atoms with van der Waals surface area (Å²) in [4.78, 5) is 229. The van der Waals surface area contributed by atoms with Gasteiger partial charge in [0.1, 0.15) is 36.3 Å². The fourth-order valence-corrected chi connectivity index (χ4v) is 11.1. The number of nitrogens with one attached hydrogen (secondary N) is 9. The van der Waals surface area contributed by atoms with Gasteiger partial charge in [0, 0.05) is 116 Å². The third-order valence-electron chi connectivity index (χ3n) is 16.8. The summed E-state index contributed by atoms with van der Waals surface area (Å²) < 4.78 is 0. The third-order valence-corrected chi connectivity index (χ3v) is 16.8. The minimum atomic E-state index is -1.78. The number of hydrogen-bond donors (Lipinski definition) is 19. The Balaban J connectivity index is 1.95. The molecular formula is C62H100N14O27. The molecule has 1 saturated heterocycles. The summed E-state index contributed by atoms with van der Waals surface area (Å²) in [5.74, 6) is -18.7. The number of urea groups is 1. The first kappa shape index (κ1) is 89.2. The van der Waals surface area contributed by atoms with Gasteiger partial charge in [-0.2, -0.15) is 0 Å². The highest BCUT2D eigenvalue weighted by molar-refractivity contribution is 5.96. The minimum Gasteiger partial charge on any atom is -0.481 e. The van der Waals surface area contributed by atoms with Gasteiger partial charge in [0.05, 0.1) is 26.2 Å². The van der Waals surface area contributed by atoms with E-state index in [0.717, 1.165) is 0 Å². The van der Waals surface area contributed by atoms with E-state index < -0.39 is 189 Å². The molecule has 0 unspecified atom stereocenters. The van der Waals surface area contributed by atoms with Crippen LogP contribution in [-0.4, -0.2) is 307 Å². The van der Waals surface area contributed by atoms with Gasteiger partial charge in [0.2, 0.25) is 47.3 Å². The summed E-state index contributed by atoms with van der Waals surface area (Å²) in [5, 5.41) is 106. The number of primary amides is 1. The normalized spacial score (nSPS) is 17.3. The zero-order valence-corrected chi connectivity index (χ0v) is 57.3. The summed E-state index contributed by atoms with van der Waals surface area (Å²) in [7, 11) is 0. The van der Waals surface area contributed by atoms with Crippen molar-refractivity contribution in [3.63, 3.8) is 0 Å². The van der Waals surface area contributed by atoms with Gasteiger partial charge in [0.25, 0.3) is 0 Å². The number of carboxylic acids is 9. The molecule has 10 amide bonds. The fourth-order valence-electron chi connectivity index (χ4n) is 11.1. The van der Waals surface area contributed by atoms with Gasteiger partial charge in [-0.1, -0.05) is 6.42 Å². The second-order valence-electron chi connectivity index (χ2n) is 25.1. The number of carbonyl (C=O) groups is 18. The molecule has 580 valence electrons. The van der Waals surface area contributed by atoms with Crippen molar-refractivity contribution >= 4 is 107 Å². The van der Waals surface area contributed by atoms with Gasteiger partial charge in [0.15, 0.2) is 0 Å². The third kappa shape index (κ3) is 41.0. The predicted octanol–water partition coefficient (Wildman–Crippen LogP) is -4.78. The molecule has 20 N–H and O–H groups in total. The molecule has 1 saturated carbocycles. The summed E-state index contributed by atoms with van der Waals surface area (Å²) in [6.45, 7) is 0.576. The van der Waals surface area contributed by atoms with Gasteiger partial charge in [-0.05, 0) is 95.8 Å². The van der Waals surface area contributed by atoms with Gasteiger partial charge >= 0.3 is 59.8 Å². The van der Waals surface area contributed by atoms with Gasteiger partial charge in [-0.3, -0.25) is 91.5 Å². The molecule has 2 rings (SSSR count). The molecule has 0 aromatic carbocycles. The lowest BCUT2D eigenvalue weighted by Crippen LogP contribution is -2.58. The smallest absolute Gasteiger partial charge is 0.326 e. The van der Waals surface area contributed by atoms with Crippen LogP contribution in [0.2, 0.25) is 0 Å². The van der Waals surface area contributed by atoms with Crippen molar-refractivity contribution in [1.82, 2.24) is 67.5 Å². The molecule has 0 radical (unpaired) electrons. The lowest BCUT2D eigenvalue weighted by molar-refractivity contribution is -0.141. The van der Waals surface area contributed by atoms with Crippen LogP contribution in [0, 0.1) is 11.8 Å². The zero-order valence-electron chi connectivity index (χ0n) is 57.3. The molecule has 6 atom stereocenters. The highest BCUT2D eigenvalue weighted by Crippen LogP contribution is 2.28. The standard InChI is InChI=1S/C62H100N14O27/c63-55(94)39(6-3-5-22-64-47(79)33-73-24-26-74(34-52(88)89)28-30-76(36-54(92)93)31-29-75(27-25-73)35-53(90)91)68-58(97)41(14-19-49(82)83)70-59(98)42(15-20-50(84)85)69-57(96)40(13-18-48(80)81)67-46(78)7-2-1-4-23-65-56(95)38-10-8-37(9-11-38)32-66-45(77)17-12-43(60(99)100)71-62(103)72-44(61(101)102)16-21-51(86)87/h37-44H,1-36H2,(H2,63,94)(H,64,79)(H,65,95)(H,66,77)(H,67,78)(H,68,97)(H,69,96)(H,70,98)(H,80,81)(H,82,83)(H,84,85)(H,86,87)(H,88,89)(H,90,91)(H,92,93)(H,99,100)(H,101,102)(H2,71,72,103)/t37?,38?,39-,40+,41+,42+,43-,44-/m0/s1. The van der Waals surface area contributed by atoms with Crippen LogP contribution in [-0.2, 0) is 81.5 Å². The van der Waals surface area contributed by atoms with Crippen molar-refractivity contribution in [2.45, 2.75) is 171 Å². The second kappa shape index (κ2) is 48.8. The van der Waals surface area contributed by atoms with Gasteiger partial charge in [-0.15, -0.1) is 0 Å². The van der Waals surface area contributed by atoms with Crippen LogP contribution in [0.5, 0.6) is 0 Å². The number of aliphatic carboxylic acids is 9. The molecule has 41 nitrogen and oxygen atoms in total. The number of carboxylic acid groups (broad SMARTS) is 9. The number of unbranched alkanes of at least 4 members (excludes halogenated alkanes) is 3. The Morgan fingerprint density at radius 1 is 0.330 bits per heavy atom. The maximum Gasteiger partial charge on any atom is 0.326 e. The van der Waals surface area contributed by atoms with E-state index in [4.69, 9.17) is 10.8 Å². The Morgan fingerprint density at radius 3 is 1.10 bits per heavy atom. The van der Waals surface area contributed by atoms with Crippen LogP contribution >= 0.6 is 0 Å². The summed E-state index contributed by atoms with van der Waals surface area (Å²) >= 11 is 0. The maximum absolute atomic E-state index is 13.9. The van der Waals surface area contributed by atoms with Gasteiger partial charge < -0.3 is 99.5 Å². The largest absolute Gasteiger partial charge is 0.481 e. The lowest BCUT2D eigenvalue weighted by Gasteiger charge is -2.32. The Hall–Kier alpha value is -9.90. The second-order valence-corrected chi connectivity index (χ2v) is 25.1. The molecule has 1 heterocycles. The van der Waals surface area contributed by atoms with Crippen molar-refractivity contribution in [1.29, 1.82) is 0 Å². The van der Waals surface area contributed by atoms with E-state index in [1.165, 1.54) is 0 Å². The molecule has 103 heavy (non-hydrogen) atoms. The number of nitrogens with two attached hydrogens (primary N) is 1. The number of rotatable bonds is 49. The number of amides is 10. The molecule has 2 fully saturated rings. The van der Waals surface area contributed by atoms with Crippen molar-refractivity contribution in [3.05, 3.63) is 0 Å². The lowest BCUT2D eigenvalue weighted by atomic mass is 9.81. The average Bonchev–Trinajstić information content (AvgIpc) is 0.871. The van der Waals surface area contributed by atoms with Crippen molar-refractivity contribution in [2.75, 3.05) is 98.2 Å². The highest BCUT2D eigenvalue weighted by atomic mass is 16.4. The van der Waals surface area contributed by atoms with Crippen molar-refractivity contribution < 1.29 is 132 Å². The molecule has 0 bridgehead atoms. The van der Waals surface area contributed by atoms with Crippen molar-refractivity contribution in [3.8, 4) is 0 Å². The van der Waals surface area contributed by atoms with Crippen LogP contribution in [0.4, 0.5) is 4.79 Å². The maximum atomic E-state index is 13.9. The van der Waals surface area contributed by atoms with E-state index in [1.54, 1.807) is 19.6 Å². The topological polar surface area (TPSA) is 637 Å². The first-order valence-corrected chi connectivity index (χ1v) is 33.9. The van der Waals surface area contributed by atoms with Crippen LogP contribution in [0.3, 0.4) is 0 Å². The molecule has 0 spiro atoms. The van der Waals surface area contributed by atoms with Crippen LogP contribution in [0.15, 0.2) is 0 Å². The molecular weight excluding hydrogens is 1370 g/mol. The molecule has 1 aliphatic heterocycles. The molecule has 41 heteroatoms. The van der Waals surface area contributed by atoms with Crippen LogP contribution in [0.25, 0.3) is 0 Å². The fraction of sp³-hybridized carbons (Fsp3) is 0.710. The summed E-state index contributed by atoms with van der Waals surface area (Å²) in [6, 6.07) is -10.9. The van der Waals surface area contributed by atoms with E-state index in [2.05, 4.69) is 42.5 Å². The van der Waals surface area contributed by atoms with Crippen LogP contribution in [0.1, 0.15) is 135 Å². The number of hydrogen-bond acceptors (Lipinski definition) is 22.